The molecule has 0 amide bonds. The van der Waals surface area contributed by atoms with Crippen molar-refractivity contribution in [1.29, 1.82) is 0 Å². The summed E-state index contributed by atoms with van der Waals surface area (Å²) in [6.07, 6.45) is 7.96. The number of hydrogen-bond acceptors (Lipinski definition) is 2. The average molecular weight is 251 g/mol. The van der Waals surface area contributed by atoms with Crippen molar-refractivity contribution in [3.63, 3.8) is 0 Å². The number of nitrogens with zero attached hydrogens (tertiary/aromatic N) is 1. The van der Waals surface area contributed by atoms with Gasteiger partial charge in [0.05, 0.1) is 0 Å². The standard InChI is InChI=1S/C17H17NO/c1-12-11-18-9-7-15(12)13-4-5-16-14(10-13)6-8-17(2,3)19-16/h4-11H,1-3H3. The maximum Gasteiger partial charge on any atom is 0.127 e. The molecule has 96 valence electrons. The lowest BCUT2D eigenvalue weighted by molar-refractivity contribution is 0.159. The van der Waals surface area contributed by atoms with E-state index in [1.807, 2.05) is 18.5 Å². The van der Waals surface area contributed by atoms with Crippen LogP contribution in [0.4, 0.5) is 0 Å². The van der Waals surface area contributed by atoms with E-state index in [0.717, 1.165) is 11.3 Å². The Morgan fingerprint density at radius 3 is 2.79 bits per heavy atom. The predicted molar refractivity (Wildman–Crippen MR) is 78.2 cm³/mol. The van der Waals surface area contributed by atoms with Gasteiger partial charge in [0.15, 0.2) is 0 Å². The first-order chi connectivity index (χ1) is 9.05. The van der Waals surface area contributed by atoms with E-state index in [0.29, 0.717) is 0 Å². The van der Waals surface area contributed by atoms with Crippen molar-refractivity contribution in [3.8, 4) is 16.9 Å². The Kier molecular flexibility index (Phi) is 2.67. The summed E-state index contributed by atoms with van der Waals surface area (Å²) in [6, 6.07) is 8.38. The van der Waals surface area contributed by atoms with E-state index in [9.17, 15) is 0 Å². The van der Waals surface area contributed by atoms with E-state index in [4.69, 9.17) is 4.74 Å². The molecule has 0 saturated carbocycles. The second-order valence-corrected chi connectivity index (χ2v) is 5.48. The fraction of sp³-hybridized carbons (Fsp3) is 0.235. The minimum Gasteiger partial charge on any atom is -0.483 e. The molecule has 2 heterocycles. The molecule has 1 aliphatic heterocycles. The zero-order chi connectivity index (χ0) is 13.5. The molecule has 3 rings (SSSR count). The van der Waals surface area contributed by atoms with Gasteiger partial charge in [0.2, 0.25) is 0 Å². The summed E-state index contributed by atoms with van der Waals surface area (Å²) in [5, 5.41) is 0. The quantitative estimate of drug-likeness (QED) is 0.756. The van der Waals surface area contributed by atoms with Crippen LogP contribution in [-0.2, 0) is 0 Å². The molecule has 1 aliphatic rings. The summed E-state index contributed by atoms with van der Waals surface area (Å²) in [7, 11) is 0. The molecular weight excluding hydrogens is 234 g/mol. The van der Waals surface area contributed by atoms with E-state index < -0.39 is 0 Å². The number of fused-ring (bicyclic) bond motifs is 1. The van der Waals surface area contributed by atoms with Crippen LogP contribution < -0.4 is 4.74 Å². The Balaban J connectivity index is 2.06. The van der Waals surface area contributed by atoms with Crippen molar-refractivity contribution < 1.29 is 4.74 Å². The van der Waals surface area contributed by atoms with Gasteiger partial charge in [0.25, 0.3) is 0 Å². The maximum atomic E-state index is 5.94. The fourth-order valence-corrected chi connectivity index (χ4v) is 2.34. The monoisotopic (exact) mass is 251 g/mol. The van der Waals surface area contributed by atoms with Crippen LogP contribution in [0.15, 0.2) is 42.7 Å². The molecule has 0 bridgehead atoms. The molecule has 19 heavy (non-hydrogen) atoms. The summed E-state index contributed by atoms with van der Waals surface area (Å²) in [5.41, 5.74) is 4.51. The van der Waals surface area contributed by atoms with E-state index in [1.54, 1.807) is 0 Å². The zero-order valence-corrected chi connectivity index (χ0v) is 11.5. The number of aromatic nitrogens is 1. The van der Waals surface area contributed by atoms with Gasteiger partial charge in [-0.3, -0.25) is 4.98 Å². The van der Waals surface area contributed by atoms with Gasteiger partial charge in [0, 0.05) is 18.0 Å². The number of benzene rings is 1. The predicted octanol–water partition coefficient (Wildman–Crippen LogP) is 4.24. The third kappa shape index (κ3) is 2.26. The van der Waals surface area contributed by atoms with Crippen LogP contribution in [0.3, 0.4) is 0 Å². The van der Waals surface area contributed by atoms with Crippen molar-refractivity contribution in [1.82, 2.24) is 4.98 Å². The van der Waals surface area contributed by atoms with E-state index >= 15 is 0 Å². The van der Waals surface area contributed by atoms with Crippen LogP contribution in [0.25, 0.3) is 17.2 Å². The molecule has 0 N–H and O–H groups in total. The van der Waals surface area contributed by atoms with Crippen LogP contribution in [0, 0.1) is 6.92 Å². The van der Waals surface area contributed by atoms with Gasteiger partial charge >= 0.3 is 0 Å². The topological polar surface area (TPSA) is 22.1 Å². The van der Waals surface area contributed by atoms with Crippen molar-refractivity contribution >= 4 is 6.08 Å². The first-order valence-electron chi connectivity index (χ1n) is 6.48. The maximum absolute atomic E-state index is 5.94. The van der Waals surface area contributed by atoms with Gasteiger partial charge in [-0.2, -0.15) is 0 Å². The average Bonchev–Trinajstić information content (AvgIpc) is 2.38. The summed E-state index contributed by atoms with van der Waals surface area (Å²) in [6.45, 7) is 6.21. The molecule has 0 fully saturated rings. The first-order valence-corrected chi connectivity index (χ1v) is 6.48. The van der Waals surface area contributed by atoms with E-state index in [-0.39, 0.29) is 5.60 Å². The van der Waals surface area contributed by atoms with Gasteiger partial charge in [-0.1, -0.05) is 12.1 Å². The normalized spacial score (nSPS) is 15.7. The summed E-state index contributed by atoms with van der Waals surface area (Å²) in [5.74, 6) is 0.947. The van der Waals surface area contributed by atoms with Crippen LogP contribution in [-0.4, -0.2) is 10.6 Å². The van der Waals surface area contributed by atoms with Gasteiger partial charge in [-0.05, 0) is 61.7 Å². The van der Waals surface area contributed by atoms with Gasteiger partial charge in [-0.25, -0.2) is 0 Å². The molecule has 1 aromatic heterocycles. The third-order valence-corrected chi connectivity index (χ3v) is 3.38. The zero-order valence-electron chi connectivity index (χ0n) is 11.5. The van der Waals surface area contributed by atoms with Crippen molar-refractivity contribution in [2.24, 2.45) is 0 Å². The Morgan fingerprint density at radius 1 is 1.16 bits per heavy atom. The number of pyridine rings is 1. The van der Waals surface area contributed by atoms with Gasteiger partial charge in [0.1, 0.15) is 11.4 Å². The Labute approximate surface area is 113 Å². The highest BCUT2D eigenvalue weighted by atomic mass is 16.5. The van der Waals surface area contributed by atoms with E-state index in [2.05, 4.69) is 56.1 Å². The van der Waals surface area contributed by atoms with Gasteiger partial charge in [-0.15, -0.1) is 0 Å². The highest BCUT2D eigenvalue weighted by Crippen LogP contribution is 2.34. The van der Waals surface area contributed by atoms with Crippen LogP contribution in [0.2, 0.25) is 0 Å². The lowest BCUT2D eigenvalue weighted by Crippen LogP contribution is -2.27. The second-order valence-electron chi connectivity index (χ2n) is 5.48. The molecule has 1 aromatic carbocycles. The van der Waals surface area contributed by atoms with Crippen molar-refractivity contribution in [3.05, 3.63) is 53.9 Å². The highest BCUT2D eigenvalue weighted by Gasteiger charge is 2.21. The van der Waals surface area contributed by atoms with Crippen molar-refractivity contribution in [2.45, 2.75) is 26.4 Å². The minimum atomic E-state index is -0.221. The molecule has 0 unspecified atom stereocenters. The summed E-state index contributed by atoms with van der Waals surface area (Å²) < 4.78 is 5.94. The summed E-state index contributed by atoms with van der Waals surface area (Å²) >= 11 is 0. The number of hydrogen-bond donors (Lipinski definition) is 0. The SMILES string of the molecule is Cc1cnccc1-c1ccc2c(c1)C=CC(C)(C)O2. The van der Waals surface area contributed by atoms with Crippen LogP contribution >= 0.6 is 0 Å². The van der Waals surface area contributed by atoms with E-state index in [1.165, 1.54) is 16.7 Å². The molecule has 2 heteroatoms. The second kappa shape index (κ2) is 4.23. The lowest BCUT2D eigenvalue weighted by Gasteiger charge is -2.28. The Morgan fingerprint density at radius 2 is 2.00 bits per heavy atom. The lowest BCUT2D eigenvalue weighted by atomic mass is 9.97. The Hall–Kier alpha value is -2.09. The molecule has 0 saturated heterocycles. The van der Waals surface area contributed by atoms with Gasteiger partial charge < -0.3 is 4.74 Å². The molecular formula is C17H17NO. The smallest absolute Gasteiger partial charge is 0.127 e. The molecule has 0 atom stereocenters. The van der Waals surface area contributed by atoms with Crippen LogP contribution in [0.5, 0.6) is 5.75 Å². The number of aryl methyl sites for hydroxylation is 1. The highest BCUT2D eigenvalue weighted by molar-refractivity contribution is 5.73. The minimum absolute atomic E-state index is 0.221. The number of ether oxygens (including phenoxy) is 1. The molecule has 2 nitrogen and oxygen atoms in total. The van der Waals surface area contributed by atoms with Crippen molar-refractivity contribution in [2.75, 3.05) is 0 Å². The summed E-state index contributed by atoms with van der Waals surface area (Å²) in [4.78, 5) is 4.14. The number of rotatable bonds is 1. The molecule has 0 aliphatic carbocycles. The molecule has 0 spiro atoms. The fourth-order valence-electron chi connectivity index (χ4n) is 2.34. The largest absolute Gasteiger partial charge is 0.483 e. The third-order valence-electron chi connectivity index (χ3n) is 3.38. The van der Waals surface area contributed by atoms with Crippen LogP contribution in [0.1, 0.15) is 25.0 Å². The Bertz CT molecular complexity index is 656. The first kappa shape index (κ1) is 12.0. The molecule has 2 aromatic rings. The molecule has 0 radical (unpaired) electrons.